The predicted octanol–water partition coefficient (Wildman–Crippen LogP) is 1.32. The zero-order chi connectivity index (χ0) is 15.6. The molecule has 0 saturated heterocycles. The molecule has 1 aliphatic rings. The van der Waals surface area contributed by atoms with Gasteiger partial charge >= 0.3 is 0 Å². The van der Waals surface area contributed by atoms with Gasteiger partial charge in [-0.3, -0.25) is 4.79 Å². The zero-order valence-electron chi connectivity index (χ0n) is 12.1. The first-order valence-corrected chi connectivity index (χ1v) is 8.44. The van der Waals surface area contributed by atoms with Gasteiger partial charge in [0.05, 0.1) is 10.9 Å². The Kier molecular flexibility index (Phi) is 4.53. The Labute approximate surface area is 124 Å². The monoisotopic (exact) mass is 312 g/mol. The molecule has 0 radical (unpaired) electrons. The van der Waals surface area contributed by atoms with E-state index >= 15 is 0 Å². The highest BCUT2D eigenvalue weighted by atomic mass is 32.2. The molecule has 0 aliphatic carbocycles. The summed E-state index contributed by atoms with van der Waals surface area (Å²) in [4.78, 5) is 12.0. The molecule has 1 heterocycles. The molecule has 2 rings (SSSR count). The summed E-state index contributed by atoms with van der Waals surface area (Å²) < 4.78 is 28.3. The maximum Gasteiger partial charge on any atom is 0.238 e. The van der Waals surface area contributed by atoms with Gasteiger partial charge in [-0.1, -0.05) is 20.3 Å². The fourth-order valence-electron chi connectivity index (χ4n) is 2.20. The first-order chi connectivity index (χ1) is 9.81. The Morgan fingerprint density at radius 2 is 2.24 bits per heavy atom. The van der Waals surface area contributed by atoms with Crippen LogP contribution in [0, 0.1) is 5.92 Å². The number of ether oxygens (including phenoxy) is 1. The van der Waals surface area contributed by atoms with Crippen LogP contribution in [0.15, 0.2) is 23.1 Å². The fourth-order valence-corrected chi connectivity index (χ4v) is 2.75. The molecule has 0 aromatic heterocycles. The molecule has 1 aromatic carbocycles. The third-order valence-corrected chi connectivity index (χ3v) is 4.57. The summed E-state index contributed by atoms with van der Waals surface area (Å²) in [6.07, 6.45) is 1.37. The third kappa shape index (κ3) is 3.74. The van der Waals surface area contributed by atoms with Gasteiger partial charge in [0.25, 0.3) is 0 Å². The summed E-state index contributed by atoms with van der Waals surface area (Å²) in [5, 5.41) is 8.00. The Hall–Kier alpha value is -1.60. The van der Waals surface area contributed by atoms with E-state index in [9.17, 15) is 13.2 Å². The number of rotatable bonds is 5. The summed E-state index contributed by atoms with van der Waals surface area (Å²) in [6, 6.07) is 4.09. The van der Waals surface area contributed by atoms with Crippen molar-refractivity contribution in [2.45, 2.75) is 37.6 Å². The van der Waals surface area contributed by atoms with E-state index in [1.54, 1.807) is 6.07 Å². The maximum atomic E-state index is 12.0. The molecule has 7 heteroatoms. The average Bonchev–Trinajstić information content (AvgIpc) is 2.80. The van der Waals surface area contributed by atoms with Gasteiger partial charge in [-0.05, 0) is 24.1 Å². The van der Waals surface area contributed by atoms with Gasteiger partial charge in [-0.15, -0.1) is 0 Å². The minimum atomic E-state index is -3.77. The van der Waals surface area contributed by atoms with E-state index in [0.717, 1.165) is 6.42 Å². The van der Waals surface area contributed by atoms with E-state index in [-0.39, 0.29) is 16.8 Å². The lowest BCUT2D eigenvalue weighted by Crippen LogP contribution is -2.30. The van der Waals surface area contributed by atoms with E-state index in [1.807, 2.05) is 13.8 Å². The second-order valence-corrected chi connectivity index (χ2v) is 6.95. The van der Waals surface area contributed by atoms with Crippen LogP contribution in [0.1, 0.15) is 38.3 Å². The van der Waals surface area contributed by atoms with Crippen molar-refractivity contribution in [3.63, 3.8) is 0 Å². The lowest BCUT2D eigenvalue weighted by atomic mass is 10.0. The number of amides is 1. The van der Waals surface area contributed by atoms with E-state index in [2.05, 4.69) is 5.32 Å². The highest BCUT2D eigenvalue weighted by molar-refractivity contribution is 7.89. The molecule has 3 N–H and O–H groups in total. The summed E-state index contributed by atoms with van der Waals surface area (Å²) in [7, 11) is -3.77. The van der Waals surface area contributed by atoms with Gasteiger partial charge in [-0.2, -0.15) is 0 Å². The van der Waals surface area contributed by atoms with Gasteiger partial charge in [0.2, 0.25) is 15.9 Å². The molecule has 6 nitrogen and oxygen atoms in total. The highest BCUT2D eigenvalue weighted by Gasteiger charge is 2.27. The number of nitrogens with two attached hydrogens (primary N) is 1. The van der Waals surface area contributed by atoms with Gasteiger partial charge < -0.3 is 10.1 Å². The SMILES string of the molecule is CCC(C)CC(=O)NC1COc2ccc(S(N)(=O)=O)cc21. The molecular formula is C14H20N2O4S. The smallest absolute Gasteiger partial charge is 0.238 e. The zero-order valence-corrected chi connectivity index (χ0v) is 12.9. The van der Waals surface area contributed by atoms with Crippen molar-refractivity contribution >= 4 is 15.9 Å². The Morgan fingerprint density at radius 1 is 1.52 bits per heavy atom. The Balaban J connectivity index is 2.15. The molecule has 21 heavy (non-hydrogen) atoms. The van der Waals surface area contributed by atoms with Crippen LogP contribution in [-0.2, 0) is 14.8 Å². The lowest BCUT2D eigenvalue weighted by Gasteiger charge is -2.14. The standard InChI is InChI=1S/C14H20N2O4S/c1-3-9(2)6-14(17)16-12-8-20-13-5-4-10(7-11(12)13)21(15,18)19/h4-5,7,9,12H,3,6,8H2,1-2H3,(H,16,17)(H2,15,18,19). The van der Waals surface area contributed by atoms with Crippen molar-refractivity contribution in [2.75, 3.05) is 6.61 Å². The number of sulfonamides is 1. The number of carbonyl (C=O) groups is 1. The molecule has 0 bridgehead atoms. The first kappa shape index (κ1) is 15.8. The highest BCUT2D eigenvalue weighted by Crippen LogP contribution is 2.34. The second-order valence-electron chi connectivity index (χ2n) is 5.39. The summed E-state index contributed by atoms with van der Waals surface area (Å²) in [6.45, 7) is 4.34. The Bertz CT molecular complexity index is 642. The predicted molar refractivity (Wildman–Crippen MR) is 78.3 cm³/mol. The summed E-state index contributed by atoms with van der Waals surface area (Å²) in [5.74, 6) is 0.825. The van der Waals surface area contributed by atoms with Crippen LogP contribution in [0.2, 0.25) is 0 Å². The number of hydrogen-bond donors (Lipinski definition) is 2. The van der Waals surface area contributed by atoms with Gasteiger partial charge in [0, 0.05) is 12.0 Å². The van der Waals surface area contributed by atoms with Crippen molar-refractivity contribution in [1.82, 2.24) is 5.32 Å². The molecule has 2 unspecified atom stereocenters. The molecule has 2 atom stereocenters. The largest absolute Gasteiger partial charge is 0.491 e. The van der Waals surface area contributed by atoms with Crippen LogP contribution in [0.5, 0.6) is 5.75 Å². The van der Waals surface area contributed by atoms with Gasteiger partial charge in [0.15, 0.2) is 0 Å². The van der Waals surface area contributed by atoms with Crippen LogP contribution >= 0.6 is 0 Å². The van der Waals surface area contributed by atoms with E-state index in [0.29, 0.717) is 30.3 Å². The molecule has 0 fully saturated rings. The van der Waals surface area contributed by atoms with Crippen LogP contribution in [0.25, 0.3) is 0 Å². The third-order valence-electron chi connectivity index (χ3n) is 3.66. The molecule has 0 saturated carbocycles. The van der Waals surface area contributed by atoms with Crippen LogP contribution in [0.3, 0.4) is 0 Å². The Morgan fingerprint density at radius 3 is 2.86 bits per heavy atom. The number of primary sulfonamides is 1. The van der Waals surface area contributed by atoms with Crippen molar-refractivity contribution in [2.24, 2.45) is 11.1 Å². The summed E-state index contributed by atoms with van der Waals surface area (Å²) in [5.41, 5.74) is 0.652. The van der Waals surface area contributed by atoms with E-state index in [1.165, 1.54) is 12.1 Å². The van der Waals surface area contributed by atoms with Gasteiger partial charge in [-0.25, -0.2) is 13.6 Å². The van der Waals surface area contributed by atoms with Crippen molar-refractivity contribution in [3.05, 3.63) is 23.8 Å². The molecule has 1 amide bonds. The normalized spacial score (nSPS) is 18.7. The van der Waals surface area contributed by atoms with Crippen LogP contribution < -0.4 is 15.2 Å². The van der Waals surface area contributed by atoms with Crippen molar-refractivity contribution < 1.29 is 17.9 Å². The van der Waals surface area contributed by atoms with Crippen LogP contribution in [0.4, 0.5) is 0 Å². The number of benzene rings is 1. The van der Waals surface area contributed by atoms with E-state index in [4.69, 9.17) is 9.88 Å². The number of fused-ring (bicyclic) bond motifs is 1. The van der Waals surface area contributed by atoms with Gasteiger partial charge in [0.1, 0.15) is 12.4 Å². The maximum absolute atomic E-state index is 12.0. The fraction of sp³-hybridized carbons (Fsp3) is 0.500. The van der Waals surface area contributed by atoms with Crippen LogP contribution in [-0.4, -0.2) is 20.9 Å². The second kappa shape index (κ2) is 6.03. The number of nitrogens with one attached hydrogen (secondary N) is 1. The lowest BCUT2D eigenvalue weighted by molar-refractivity contribution is -0.122. The molecule has 1 aliphatic heterocycles. The number of carbonyl (C=O) groups excluding carboxylic acids is 1. The topological polar surface area (TPSA) is 98.5 Å². The van der Waals surface area contributed by atoms with Crippen molar-refractivity contribution in [3.8, 4) is 5.75 Å². The quantitative estimate of drug-likeness (QED) is 0.856. The van der Waals surface area contributed by atoms with E-state index < -0.39 is 10.0 Å². The first-order valence-electron chi connectivity index (χ1n) is 6.90. The molecular weight excluding hydrogens is 292 g/mol. The number of hydrogen-bond acceptors (Lipinski definition) is 4. The molecule has 1 aromatic rings. The molecule has 116 valence electrons. The minimum absolute atomic E-state index is 0.0212. The van der Waals surface area contributed by atoms with Crippen molar-refractivity contribution in [1.29, 1.82) is 0 Å². The minimum Gasteiger partial charge on any atom is -0.491 e. The average molecular weight is 312 g/mol. The molecule has 0 spiro atoms. The summed E-state index contributed by atoms with van der Waals surface area (Å²) >= 11 is 0.